The average molecular weight is 207 g/mol. The summed E-state index contributed by atoms with van der Waals surface area (Å²) in [6, 6.07) is 0. The first-order valence-electron chi connectivity index (χ1n) is 3.58. The third kappa shape index (κ3) is 1.25. The van der Waals surface area contributed by atoms with Crippen LogP contribution in [0.2, 0.25) is 24.7 Å². The highest BCUT2D eigenvalue weighted by Gasteiger charge is 2.51. The number of hydrogen-bond acceptors (Lipinski definition) is 0. The Balaban J connectivity index is 2.60. The van der Waals surface area contributed by atoms with E-state index in [1.807, 2.05) is 0 Å². The molecule has 0 aromatic heterocycles. The molecule has 1 saturated carbocycles. The van der Waals surface area contributed by atoms with Crippen molar-refractivity contribution in [2.24, 2.45) is 0 Å². The molecule has 1 aliphatic rings. The average Bonchev–Trinajstić information content (AvgIpc) is 2.40. The molecule has 0 amide bonds. The summed E-state index contributed by atoms with van der Waals surface area (Å²) in [5.41, 5.74) is 0. The van der Waals surface area contributed by atoms with Gasteiger partial charge in [0.1, 0.15) is 0 Å². The lowest BCUT2D eigenvalue weighted by molar-refractivity contribution is 0.972. The van der Waals surface area contributed by atoms with Gasteiger partial charge in [0.2, 0.25) is 0 Å². The van der Waals surface area contributed by atoms with Crippen LogP contribution >= 0.6 is 15.9 Å². The highest BCUT2D eigenvalue weighted by atomic mass is 79.9. The molecule has 0 saturated heterocycles. The molecular weight excluding hydrogens is 192 g/mol. The van der Waals surface area contributed by atoms with E-state index in [-0.39, 0.29) is 0 Å². The van der Waals surface area contributed by atoms with Crippen LogP contribution in [-0.2, 0) is 0 Å². The predicted octanol–water partition coefficient (Wildman–Crippen LogP) is 3.25. The van der Waals surface area contributed by atoms with Crippen LogP contribution in [-0.4, -0.2) is 13.4 Å². The molecule has 0 aromatic rings. The van der Waals surface area contributed by atoms with E-state index in [9.17, 15) is 0 Å². The van der Waals surface area contributed by atoms with Gasteiger partial charge in [-0.05, 0) is 17.9 Å². The van der Waals surface area contributed by atoms with Gasteiger partial charge in [-0.3, -0.25) is 0 Å². The Morgan fingerprint density at radius 3 is 1.78 bits per heavy atom. The monoisotopic (exact) mass is 206 g/mol. The molecule has 0 spiro atoms. The summed E-state index contributed by atoms with van der Waals surface area (Å²) in [6.07, 6.45) is 2.96. The van der Waals surface area contributed by atoms with Gasteiger partial charge in [-0.15, -0.1) is 0 Å². The van der Waals surface area contributed by atoms with Gasteiger partial charge >= 0.3 is 0 Å². The first kappa shape index (κ1) is 7.80. The molecule has 0 N–H and O–H groups in total. The van der Waals surface area contributed by atoms with Gasteiger partial charge in [-0.1, -0.05) is 35.6 Å². The van der Waals surface area contributed by atoms with E-state index >= 15 is 0 Å². The summed E-state index contributed by atoms with van der Waals surface area (Å²) in [5, 5.41) is 2.03. The van der Waals surface area contributed by atoms with Crippen molar-refractivity contribution < 1.29 is 0 Å². The molecule has 1 rings (SSSR count). The second kappa shape index (κ2) is 2.09. The number of hydrogen-bond donors (Lipinski definition) is 0. The van der Waals surface area contributed by atoms with Crippen molar-refractivity contribution in [3.63, 3.8) is 0 Å². The SMILES string of the molecule is C[Si](C)(C)C1(CBr)CC1. The summed E-state index contributed by atoms with van der Waals surface area (Å²) in [6.45, 7) is 7.42. The van der Waals surface area contributed by atoms with Crippen molar-refractivity contribution in [1.29, 1.82) is 0 Å². The molecule has 0 nitrogen and oxygen atoms in total. The minimum atomic E-state index is -0.821. The summed E-state index contributed by atoms with van der Waals surface area (Å²) in [7, 11) is -0.821. The van der Waals surface area contributed by atoms with Gasteiger partial charge in [0.25, 0.3) is 0 Å². The molecule has 54 valence electrons. The third-order valence-electron chi connectivity index (χ3n) is 2.70. The van der Waals surface area contributed by atoms with Gasteiger partial charge in [0.05, 0.1) is 8.07 Å². The number of alkyl halides is 1. The minimum absolute atomic E-state index is 0.785. The Bertz CT molecular complexity index is 111. The second-order valence-electron chi connectivity index (χ2n) is 4.16. The lowest BCUT2D eigenvalue weighted by Gasteiger charge is -2.26. The van der Waals surface area contributed by atoms with Crippen molar-refractivity contribution in [3.8, 4) is 0 Å². The van der Waals surface area contributed by atoms with Gasteiger partial charge in [-0.25, -0.2) is 0 Å². The summed E-state index contributed by atoms with van der Waals surface area (Å²) >= 11 is 3.60. The molecular formula is C7H15BrSi. The van der Waals surface area contributed by atoms with Crippen LogP contribution in [0.1, 0.15) is 12.8 Å². The first-order chi connectivity index (χ1) is 4.02. The molecule has 9 heavy (non-hydrogen) atoms. The first-order valence-corrected chi connectivity index (χ1v) is 8.20. The van der Waals surface area contributed by atoms with Crippen LogP contribution in [0.15, 0.2) is 0 Å². The minimum Gasteiger partial charge on any atom is -0.0925 e. The zero-order valence-electron chi connectivity index (χ0n) is 6.50. The lowest BCUT2D eigenvalue weighted by atomic mass is 10.5. The lowest BCUT2D eigenvalue weighted by Crippen LogP contribution is -2.30. The Morgan fingerprint density at radius 1 is 1.33 bits per heavy atom. The molecule has 0 aromatic carbocycles. The molecule has 0 heterocycles. The predicted molar refractivity (Wildman–Crippen MR) is 49.1 cm³/mol. The maximum absolute atomic E-state index is 3.60. The highest BCUT2D eigenvalue weighted by Crippen LogP contribution is 2.61. The van der Waals surface area contributed by atoms with Crippen molar-refractivity contribution in [1.82, 2.24) is 0 Å². The van der Waals surface area contributed by atoms with Crippen LogP contribution in [0.25, 0.3) is 0 Å². The number of halogens is 1. The van der Waals surface area contributed by atoms with Gasteiger partial charge in [0, 0.05) is 5.33 Å². The number of rotatable bonds is 2. The van der Waals surface area contributed by atoms with Crippen molar-refractivity contribution in [3.05, 3.63) is 0 Å². The fourth-order valence-corrected chi connectivity index (χ4v) is 6.34. The van der Waals surface area contributed by atoms with Gasteiger partial charge in [-0.2, -0.15) is 0 Å². The Labute approximate surface area is 67.2 Å². The topological polar surface area (TPSA) is 0 Å². The highest BCUT2D eigenvalue weighted by molar-refractivity contribution is 9.09. The molecule has 0 radical (unpaired) electrons. The fraction of sp³-hybridized carbons (Fsp3) is 1.00. The standard InChI is InChI=1S/C7H15BrSi/c1-9(2,3)7(6-8)4-5-7/h4-6H2,1-3H3. The summed E-state index contributed by atoms with van der Waals surface area (Å²) < 4.78 is 0. The van der Waals surface area contributed by atoms with Gasteiger partial charge in [0.15, 0.2) is 0 Å². The maximum atomic E-state index is 3.60. The smallest absolute Gasteiger partial charge is 0.0516 e. The van der Waals surface area contributed by atoms with E-state index in [4.69, 9.17) is 0 Å². The van der Waals surface area contributed by atoms with Gasteiger partial charge < -0.3 is 0 Å². The Morgan fingerprint density at radius 2 is 1.78 bits per heavy atom. The summed E-state index contributed by atoms with van der Waals surface area (Å²) in [5.74, 6) is 0. The molecule has 0 atom stereocenters. The third-order valence-corrected chi connectivity index (χ3v) is 8.15. The molecule has 1 fully saturated rings. The Kier molecular flexibility index (Phi) is 1.81. The zero-order chi connectivity index (χ0) is 7.12. The molecule has 1 aliphatic carbocycles. The second-order valence-corrected chi connectivity index (χ2v) is 10.3. The van der Waals surface area contributed by atoms with E-state index in [1.54, 1.807) is 0 Å². The quantitative estimate of drug-likeness (QED) is 0.481. The van der Waals surface area contributed by atoms with Crippen LogP contribution < -0.4 is 0 Å². The maximum Gasteiger partial charge on any atom is 0.0516 e. The van der Waals surface area contributed by atoms with Crippen molar-refractivity contribution in [2.75, 3.05) is 5.33 Å². The molecule has 2 heteroatoms. The normalized spacial score (nSPS) is 24.0. The van der Waals surface area contributed by atoms with Crippen LogP contribution in [0.3, 0.4) is 0 Å². The fourth-order valence-electron chi connectivity index (χ4n) is 1.23. The van der Waals surface area contributed by atoms with Crippen molar-refractivity contribution in [2.45, 2.75) is 37.5 Å². The largest absolute Gasteiger partial charge is 0.0925 e. The van der Waals surface area contributed by atoms with E-state index in [0.717, 1.165) is 5.04 Å². The van der Waals surface area contributed by atoms with Crippen molar-refractivity contribution >= 4 is 24.0 Å². The molecule has 0 bridgehead atoms. The van der Waals surface area contributed by atoms with E-state index < -0.39 is 8.07 Å². The van der Waals surface area contributed by atoms with Crippen LogP contribution in [0.5, 0.6) is 0 Å². The molecule has 0 aliphatic heterocycles. The van der Waals surface area contributed by atoms with Crippen LogP contribution in [0.4, 0.5) is 0 Å². The van der Waals surface area contributed by atoms with E-state index in [1.165, 1.54) is 18.2 Å². The van der Waals surface area contributed by atoms with E-state index in [2.05, 4.69) is 35.6 Å². The Hall–Kier alpha value is 0.697. The zero-order valence-corrected chi connectivity index (χ0v) is 9.09. The van der Waals surface area contributed by atoms with Crippen LogP contribution in [0, 0.1) is 0 Å². The molecule has 0 unspecified atom stereocenters. The van der Waals surface area contributed by atoms with E-state index in [0.29, 0.717) is 0 Å². The summed E-state index contributed by atoms with van der Waals surface area (Å²) in [4.78, 5) is 0.